The maximum atomic E-state index is 14.7. The molecule has 2 aromatic carbocycles. The number of anilines is 1. The first kappa shape index (κ1) is 23.9. The molecular formula is C23H26F2N4O4S. The molecule has 0 bridgehead atoms. The smallest absolute Gasteiger partial charge is 0.262 e. The number of ether oxygens (including phenoxy) is 2. The van der Waals surface area contributed by atoms with Crippen molar-refractivity contribution in [1.82, 2.24) is 14.8 Å². The zero-order chi connectivity index (χ0) is 24.3. The summed E-state index contributed by atoms with van der Waals surface area (Å²) in [7, 11) is -4.22. The van der Waals surface area contributed by atoms with Gasteiger partial charge in [0.1, 0.15) is 17.5 Å². The SMILES string of the molecule is CCOc1ccc(S(=O)(=O)Nc2cc(-c3nnc4n3CCCCC4)c(F)cc2F)cc1OCC. The number of halogens is 2. The van der Waals surface area contributed by atoms with E-state index in [9.17, 15) is 17.2 Å². The quantitative estimate of drug-likeness (QED) is 0.496. The van der Waals surface area contributed by atoms with E-state index in [2.05, 4.69) is 14.9 Å². The molecule has 0 radical (unpaired) electrons. The Balaban J connectivity index is 1.70. The second-order valence-electron chi connectivity index (χ2n) is 7.79. The van der Waals surface area contributed by atoms with E-state index < -0.39 is 27.3 Å². The van der Waals surface area contributed by atoms with Crippen molar-refractivity contribution in [2.45, 2.75) is 51.0 Å². The van der Waals surface area contributed by atoms with Gasteiger partial charge in [-0.05, 0) is 44.9 Å². The van der Waals surface area contributed by atoms with Crippen molar-refractivity contribution in [3.8, 4) is 22.9 Å². The highest BCUT2D eigenvalue weighted by Crippen LogP contribution is 2.33. The summed E-state index contributed by atoms with van der Waals surface area (Å²) in [6.07, 6.45) is 3.59. The van der Waals surface area contributed by atoms with Crippen molar-refractivity contribution in [2.24, 2.45) is 0 Å². The Morgan fingerprint density at radius 1 is 0.971 bits per heavy atom. The predicted molar refractivity (Wildman–Crippen MR) is 123 cm³/mol. The summed E-state index contributed by atoms with van der Waals surface area (Å²) in [5.74, 6) is -0.272. The Hall–Kier alpha value is -3.21. The Labute approximate surface area is 197 Å². The molecule has 0 unspecified atom stereocenters. The van der Waals surface area contributed by atoms with Gasteiger partial charge in [-0.2, -0.15) is 0 Å². The maximum Gasteiger partial charge on any atom is 0.262 e. The Morgan fingerprint density at radius 3 is 2.50 bits per heavy atom. The molecule has 0 fully saturated rings. The zero-order valence-electron chi connectivity index (χ0n) is 19.0. The Morgan fingerprint density at radius 2 is 1.74 bits per heavy atom. The molecule has 0 aliphatic carbocycles. The average molecular weight is 493 g/mol. The van der Waals surface area contributed by atoms with Crippen molar-refractivity contribution in [1.29, 1.82) is 0 Å². The van der Waals surface area contributed by atoms with Crippen LogP contribution in [0.5, 0.6) is 11.5 Å². The third kappa shape index (κ3) is 4.84. The molecule has 8 nitrogen and oxygen atoms in total. The van der Waals surface area contributed by atoms with E-state index in [4.69, 9.17) is 9.47 Å². The fourth-order valence-corrected chi connectivity index (χ4v) is 4.96. The molecule has 1 aliphatic rings. The number of hydrogen-bond donors (Lipinski definition) is 1. The molecule has 2 heterocycles. The van der Waals surface area contributed by atoms with Crippen molar-refractivity contribution in [2.75, 3.05) is 17.9 Å². The van der Waals surface area contributed by atoms with Crippen LogP contribution < -0.4 is 14.2 Å². The van der Waals surface area contributed by atoms with Crippen LogP contribution in [0.15, 0.2) is 35.2 Å². The average Bonchev–Trinajstić information content (AvgIpc) is 3.04. The fourth-order valence-electron chi connectivity index (χ4n) is 3.89. The molecule has 0 spiro atoms. The molecule has 11 heteroatoms. The number of nitrogens with one attached hydrogen (secondary N) is 1. The number of aryl methyl sites for hydroxylation is 1. The van der Waals surface area contributed by atoms with E-state index in [0.717, 1.165) is 37.6 Å². The summed E-state index contributed by atoms with van der Waals surface area (Å²) < 4.78 is 70.4. The molecular weight excluding hydrogens is 466 g/mol. The largest absolute Gasteiger partial charge is 0.490 e. The molecule has 4 rings (SSSR count). The van der Waals surface area contributed by atoms with Gasteiger partial charge in [0, 0.05) is 25.1 Å². The number of hydrogen-bond acceptors (Lipinski definition) is 6. The topological polar surface area (TPSA) is 95.3 Å². The van der Waals surface area contributed by atoms with E-state index in [0.29, 0.717) is 31.6 Å². The van der Waals surface area contributed by atoms with Gasteiger partial charge in [0.25, 0.3) is 10.0 Å². The van der Waals surface area contributed by atoms with E-state index in [1.807, 2.05) is 4.57 Å². The summed E-state index contributed by atoms with van der Waals surface area (Å²) in [6.45, 7) is 4.85. The predicted octanol–water partition coefficient (Wildman–Crippen LogP) is 4.55. The molecule has 0 atom stereocenters. The van der Waals surface area contributed by atoms with Crippen molar-refractivity contribution in [3.63, 3.8) is 0 Å². The number of nitrogens with zero attached hydrogens (tertiary/aromatic N) is 3. The second-order valence-corrected chi connectivity index (χ2v) is 9.48. The molecule has 34 heavy (non-hydrogen) atoms. The minimum Gasteiger partial charge on any atom is -0.490 e. The molecule has 1 aromatic heterocycles. The summed E-state index contributed by atoms with van der Waals surface area (Å²) in [5.41, 5.74) is -0.421. The third-order valence-electron chi connectivity index (χ3n) is 5.48. The van der Waals surface area contributed by atoms with Crippen molar-refractivity contribution in [3.05, 3.63) is 47.8 Å². The number of sulfonamides is 1. The van der Waals surface area contributed by atoms with E-state index >= 15 is 0 Å². The first-order chi connectivity index (χ1) is 16.3. The number of aromatic nitrogens is 3. The first-order valence-electron chi connectivity index (χ1n) is 11.2. The van der Waals surface area contributed by atoms with Crippen molar-refractivity contribution < 1.29 is 26.7 Å². The van der Waals surface area contributed by atoms with Crippen LogP contribution in [0.25, 0.3) is 11.4 Å². The molecule has 0 saturated carbocycles. The Bertz CT molecular complexity index is 1290. The number of fused-ring (bicyclic) bond motifs is 1. The van der Waals surface area contributed by atoms with Crippen LogP contribution in [0.1, 0.15) is 38.9 Å². The van der Waals surface area contributed by atoms with E-state index in [1.54, 1.807) is 13.8 Å². The first-order valence-corrected chi connectivity index (χ1v) is 12.7. The second kappa shape index (κ2) is 9.96. The maximum absolute atomic E-state index is 14.7. The van der Waals surface area contributed by atoms with E-state index in [-0.39, 0.29) is 22.0 Å². The fraction of sp³-hybridized carbons (Fsp3) is 0.391. The number of benzene rings is 2. The van der Waals surface area contributed by atoms with Crippen LogP contribution in [0.2, 0.25) is 0 Å². The highest BCUT2D eigenvalue weighted by Gasteiger charge is 2.24. The highest BCUT2D eigenvalue weighted by atomic mass is 32.2. The van der Waals surface area contributed by atoms with Crippen LogP contribution in [-0.4, -0.2) is 36.4 Å². The molecule has 182 valence electrons. The molecule has 3 aromatic rings. The summed E-state index contributed by atoms with van der Waals surface area (Å²) >= 11 is 0. The van der Waals surface area contributed by atoms with Crippen LogP contribution in [0, 0.1) is 11.6 Å². The lowest BCUT2D eigenvalue weighted by Crippen LogP contribution is -2.15. The minimum absolute atomic E-state index is 0.0264. The summed E-state index contributed by atoms with van der Waals surface area (Å²) in [6, 6.07) is 5.87. The van der Waals surface area contributed by atoms with E-state index in [1.165, 1.54) is 18.2 Å². The van der Waals surface area contributed by atoms with Gasteiger partial charge in [0.15, 0.2) is 17.3 Å². The molecule has 1 N–H and O–H groups in total. The lowest BCUT2D eigenvalue weighted by molar-refractivity contribution is 0.287. The lowest BCUT2D eigenvalue weighted by atomic mass is 10.1. The summed E-state index contributed by atoms with van der Waals surface area (Å²) in [4.78, 5) is -0.152. The molecule has 0 saturated heterocycles. The van der Waals surface area contributed by atoms with Gasteiger partial charge in [0.2, 0.25) is 0 Å². The normalized spacial score (nSPS) is 13.8. The van der Waals surface area contributed by atoms with Crippen LogP contribution >= 0.6 is 0 Å². The van der Waals surface area contributed by atoms with Gasteiger partial charge in [0.05, 0.1) is 29.4 Å². The molecule has 0 amide bonds. The highest BCUT2D eigenvalue weighted by molar-refractivity contribution is 7.92. The van der Waals surface area contributed by atoms with Crippen LogP contribution in [0.4, 0.5) is 14.5 Å². The van der Waals surface area contributed by atoms with Gasteiger partial charge in [-0.3, -0.25) is 4.72 Å². The van der Waals surface area contributed by atoms with Gasteiger partial charge < -0.3 is 14.0 Å². The third-order valence-corrected chi connectivity index (χ3v) is 6.84. The standard InChI is InChI=1S/C23H26F2N4O4S/c1-3-32-20-10-9-15(12-21(20)33-4-2)34(30,31)28-19-13-16(17(24)14-18(19)25)23-27-26-22-8-6-5-7-11-29(22)23/h9-10,12-14,28H,3-8,11H2,1-2H3. The minimum atomic E-state index is -4.22. The van der Waals surface area contributed by atoms with Gasteiger partial charge in [-0.1, -0.05) is 6.42 Å². The summed E-state index contributed by atoms with van der Waals surface area (Å²) in [5, 5.41) is 8.25. The van der Waals surface area contributed by atoms with Gasteiger partial charge in [-0.15, -0.1) is 10.2 Å². The van der Waals surface area contributed by atoms with Crippen LogP contribution in [-0.2, 0) is 23.0 Å². The zero-order valence-corrected chi connectivity index (χ0v) is 19.8. The number of rotatable bonds is 8. The van der Waals surface area contributed by atoms with Crippen LogP contribution in [0.3, 0.4) is 0 Å². The monoisotopic (exact) mass is 492 g/mol. The Kier molecular flexibility index (Phi) is 7.01. The van der Waals surface area contributed by atoms with Crippen molar-refractivity contribution >= 4 is 15.7 Å². The lowest BCUT2D eigenvalue weighted by Gasteiger charge is -2.15. The molecule has 1 aliphatic heterocycles. The van der Waals surface area contributed by atoms with Gasteiger partial charge in [-0.25, -0.2) is 17.2 Å². The van der Waals surface area contributed by atoms with Gasteiger partial charge >= 0.3 is 0 Å².